The van der Waals surface area contributed by atoms with Gasteiger partial charge in [-0.05, 0) is 34.1 Å². The molecule has 0 fully saturated rings. The third-order valence-electron chi connectivity index (χ3n) is 2.03. The zero-order chi connectivity index (χ0) is 12.1. The Morgan fingerprint density at radius 1 is 1.27 bits per heavy atom. The first-order valence-electron chi connectivity index (χ1n) is 5.20. The molecule has 0 aromatic heterocycles. The Labute approximate surface area is 90.9 Å². The second kappa shape index (κ2) is 5.85. The first-order valence-corrected chi connectivity index (χ1v) is 5.20. The van der Waals surface area contributed by atoms with E-state index in [2.05, 4.69) is 0 Å². The highest BCUT2D eigenvalue weighted by molar-refractivity contribution is 5.82. The van der Waals surface area contributed by atoms with Gasteiger partial charge in [0.05, 0.1) is 6.61 Å². The predicted octanol–water partition coefficient (Wildman–Crippen LogP) is 1.71. The van der Waals surface area contributed by atoms with E-state index < -0.39 is 17.7 Å². The summed E-state index contributed by atoms with van der Waals surface area (Å²) in [6, 6.07) is 0. The smallest absolute Gasteiger partial charge is 0.337 e. The van der Waals surface area contributed by atoms with Gasteiger partial charge in [-0.15, -0.1) is 0 Å². The number of ether oxygens (including phenoxy) is 2. The van der Waals surface area contributed by atoms with Crippen molar-refractivity contribution in [2.75, 3.05) is 6.61 Å². The molecule has 88 valence electrons. The summed E-state index contributed by atoms with van der Waals surface area (Å²) in [4.78, 5) is 22.6. The lowest BCUT2D eigenvalue weighted by Crippen LogP contribution is -2.42. The lowest BCUT2D eigenvalue weighted by atomic mass is 10.1. The molecule has 0 aliphatic rings. The third-order valence-corrected chi connectivity index (χ3v) is 2.03. The van der Waals surface area contributed by atoms with Crippen LogP contribution in [0, 0.1) is 0 Å². The fraction of sp³-hybridized carbons (Fsp3) is 0.818. The molecule has 0 saturated carbocycles. The number of esters is 1. The number of rotatable bonds is 6. The maximum absolute atomic E-state index is 11.5. The molecule has 0 saturated heterocycles. The molecule has 0 rings (SSSR count). The molecule has 0 aromatic rings. The summed E-state index contributed by atoms with van der Waals surface area (Å²) in [6.45, 7) is 8.55. The van der Waals surface area contributed by atoms with Gasteiger partial charge in [0, 0.05) is 0 Å². The summed E-state index contributed by atoms with van der Waals surface area (Å²) >= 11 is 0. The second-order valence-electron chi connectivity index (χ2n) is 3.86. The Balaban J connectivity index is 4.46. The molecule has 0 aromatic carbocycles. The molecule has 4 heteroatoms. The van der Waals surface area contributed by atoms with Crippen LogP contribution in [-0.2, 0) is 19.1 Å². The molecule has 0 heterocycles. The van der Waals surface area contributed by atoms with Gasteiger partial charge in [-0.3, -0.25) is 4.79 Å². The Bertz CT molecular complexity index is 233. The zero-order valence-corrected chi connectivity index (χ0v) is 10.1. The Morgan fingerprint density at radius 2 is 1.80 bits per heavy atom. The largest absolute Gasteiger partial charge is 0.464 e. The van der Waals surface area contributed by atoms with E-state index in [1.165, 1.54) is 6.92 Å². The SMILES string of the molecule is CCOC(=O)C(C)(C)OC(CC)C(C)=O. The van der Waals surface area contributed by atoms with E-state index in [1.807, 2.05) is 6.92 Å². The summed E-state index contributed by atoms with van der Waals surface area (Å²) in [5, 5.41) is 0. The van der Waals surface area contributed by atoms with Crippen molar-refractivity contribution < 1.29 is 19.1 Å². The summed E-state index contributed by atoms with van der Waals surface area (Å²) < 4.78 is 10.3. The van der Waals surface area contributed by atoms with Crippen LogP contribution >= 0.6 is 0 Å². The van der Waals surface area contributed by atoms with Gasteiger partial charge in [-0.1, -0.05) is 6.92 Å². The van der Waals surface area contributed by atoms with Crippen molar-refractivity contribution in [2.45, 2.75) is 52.7 Å². The number of hydrogen-bond donors (Lipinski definition) is 0. The minimum absolute atomic E-state index is 0.0742. The van der Waals surface area contributed by atoms with E-state index in [0.717, 1.165) is 0 Å². The van der Waals surface area contributed by atoms with Crippen molar-refractivity contribution in [3.63, 3.8) is 0 Å². The predicted molar refractivity (Wildman–Crippen MR) is 56.6 cm³/mol. The van der Waals surface area contributed by atoms with E-state index >= 15 is 0 Å². The number of carbonyl (C=O) groups is 2. The van der Waals surface area contributed by atoms with Gasteiger partial charge in [0.2, 0.25) is 0 Å². The van der Waals surface area contributed by atoms with Gasteiger partial charge in [0.25, 0.3) is 0 Å². The highest BCUT2D eigenvalue weighted by Gasteiger charge is 2.34. The first kappa shape index (κ1) is 14.1. The average Bonchev–Trinajstić information content (AvgIpc) is 2.14. The molecule has 1 unspecified atom stereocenters. The van der Waals surface area contributed by atoms with Crippen LogP contribution < -0.4 is 0 Å². The molecular weight excluding hydrogens is 196 g/mol. The van der Waals surface area contributed by atoms with Crippen molar-refractivity contribution in [3.8, 4) is 0 Å². The molecule has 0 aliphatic heterocycles. The van der Waals surface area contributed by atoms with Crippen LogP contribution in [0.5, 0.6) is 0 Å². The van der Waals surface area contributed by atoms with Crippen LogP contribution in [0.15, 0.2) is 0 Å². The monoisotopic (exact) mass is 216 g/mol. The van der Waals surface area contributed by atoms with Crippen LogP contribution in [0.3, 0.4) is 0 Å². The number of hydrogen-bond acceptors (Lipinski definition) is 4. The van der Waals surface area contributed by atoms with Gasteiger partial charge in [0.15, 0.2) is 11.4 Å². The van der Waals surface area contributed by atoms with Gasteiger partial charge in [-0.25, -0.2) is 4.79 Å². The van der Waals surface area contributed by atoms with Crippen LogP contribution in [0.4, 0.5) is 0 Å². The van der Waals surface area contributed by atoms with E-state index in [1.54, 1.807) is 20.8 Å². The maximum Gasteiger partial charge on any atom is 0.337 e. The summed E-state index contributed by atoms with van der Waals surface area (Å²) in [6.07, 6.45) is 0.0162. The van der Waals surface area contributed by atoms with Crippen LogP contribution in [0.25, 0.3) is 0 Å². The number of Topliss-reactive ketones (excluding diaryl/α,β-unsaturated/α-hetero) is 1. The molecular formula is C11H20O4. The van der Waals surface area contributed by atoms with Crippen LogP contribution in [0.2, 0.25) is 0 Å². The fourth-order valence-corrected chi connectivity index (χ4v) is 1.16. The average molecular weight is 216 g/mol. The van der Waals surface area contributed by atoms with Crippen LogP contribution in [0.1, 0.15) is 41.0 Å². The molecule has 4 nitrogen and oxygen atoms in total. The van der Waals surface area contributed by atoms with E-state index in [9.17, 15) is 9.59 Å². The fourth-order valence-electron chi connectivity index (χ4n) is 1.16. The quantitative estimate of drug-likeness (QED) is 0.634. The molecule has 0 radical (unpaired) electrons. The van der Waals surface area contributed by atoms with Crippen molar-refractivity contribution in [1.29, 1.82) is 0 Å². The van der Waals surface area contributed by atoms with Gasteiger partial charge >= 0.3 is 5.97 Å². The summed E-state index contributed by atoms with van der Waals surface area (Å²) in [5.41, 5.74) is -1.07. The summed E-state index contributed by atoms with van der Waals surface area (Å²) in [5.74, 6) is -0.514. The van der Waals surface area contributed by atoms with Crippen LogP contribution in [-0.4, -0.2) is 30.1 Å². The molecule has 0 amide bonds. The minimum atomic E-state index is -1.07. The lowest BCUT2D eigenvalue weighted by molar-refractivity contribution is -0.176. The third kappa shape index (κ3) is 4.42. The second-order valence-corrected chi connectivity index (χ2v) is 3.86. The Hall–Kier alpha value is -0.900. The molecule has 0 bridgehead atoms. The minimum Gasteiger partial charge on any atom is -0.464 e. The molecule has 0 N–H and O–H groups in total. The topological polar surface area (TPSA) is 52.6 Å². The van der Waals surface area contributed by atoms with E-state index in [-0.39, 0.29) is 5.78 Å². The molecule has 0 spiro atoms. The van der Waals surface area contributed by atoms with Crippen molar-refractivity contribution in [2.24, 2.45) is 0 Å². The number of carbonyl (C=O) groups excluding carboxylic acids is 2. The first-order chi connectivity index (χ1) is 6.85. The molecule has 1 atom stereocenters. The Morgan fingerprint density at radius 3 is 2.13 bits per heavy atom. The lowest BCUT2D eigenvalue weighted by Gasteiger charge is -2.27. The van der Waals surface area contributed by atoms with Gasteiger partial charge in [-0.2, -0.15) is 0 Å². The standard InChI is InChI=1S/C11H20O4/c1-6-9(8(3)12)15-11(4,5)10(13)14-7-2/h9H,6-7H2,1-5H3. The van der Waals surface area contributed by atoms with E-state index in [4.69, 9.17) is 9.47 Å². The molecule has 0 aliphatic carbocycles. The maximum atomic E-state index is 11.5. The molecule has 15 heavy (non-hydrogen) atoms. The van der Waals surface area contributed by atoms with Gasteiger partial charge in [0.1, 0.15) is 6.10 Å². The van der Waals surface area contributed by atoms with E-state index in [0.29, 0.717) is 13.0 Å². The normalized spacial score (nSPS) is 13.4. The van der Waals surface area contributed by atoms with Crippen molar-refractivity contribution >= 4 is 11.8 Å². The highest BCUT2D eigenvalue weighted by Crippen LogP contribution is 2.16. The van der Waals surface area contributed by atoms with Crippen molar-refractivity contribution in [1.82, 2.24) is 0 Å². The Kier molecular flexibility index (Phi) is 5.50. The zero-order valence-electron chi connectivity index (χ0n) is 10.1. The highest BCUT2D eigenvalue weighted by atomic mass is 16.6. The van der Waals surface area contributed by atoms with Gasteiger partial charge < -0.3 is 9.47 Å². The summed E-state index contributed by atoms with van der Waals surface area (Å²) in [7, 11) is 0. The van der Waals surface area contributed by atoms with Crippen molar-refractivity contribution in [3.05, 3.63) is 0 Å². The number of ketones is 1.